The largest absolute Gasteiger partial charge is 0.389 e. The quantitative estimate of drug-likeness (QED) is 0.482. The van der Waals surface area contributed by atoms with Crippen molar-refractivity contribution in [2.24, 2.45) is 0 Å². The van der Waals surface area contributed by atoms with E-state index < -0.39 is 11.9 Å². The van der Waals surface area contributed by atoms with Crippen LogP contribution >= 0.6 is 35.0 Å². The topological polar surface area (TPSA) is 80.2 Å². The Morgan fingerprint density at radius 1 is 1.30 bits per heavy atom. The number of halogens is 3. The monoisotopic (exact) mass is 378 g/mol. The third-order valence-corrected chi connectivity index (χ3v) is 4.58. The number of thioether (sulfide) groups is 1. The van der Waals surface area contributed by atoms with Gasteiger partial charge in [0, 0.05) is 6.61 Å². The van der Waals surface area contributed by atoms with Gasteiger partial charge in [0.1, 0.15) is 16.5 Å². The molecular formula is C13H13Cl2FN4O2S. The zero-order chi connectivity index (χ0) is 16.6. The highest BCUT2D eigenvalue weighted by Crippen LogP contribution is 2.33. The van der Waals surface area contributed by atoms with Crippen LogP contribution in [0.15, 0.2) is 5.16 Å². The SMILES string of the molecule is CSc1nc(N[C@H]2CCOC[C@@H]2O)c2c(Cl)nc(Cl)c(F)c2n1. The Morgan fingerprint density at radius 3 is 2.78 bits per heavy atom. The molecule has 0 radical (unpaired) electrons. The molecule has 3 heterocycles. The Morgan fingerprint density at radius 2 is 2.09 bits per heavy atom. The van der Waals surface area contributed by atoms with Crippen molar-refractivity contribution in [3.05, 3.63) is 16.1 Å². The van der Waals surface area contributed by atoms with E-state index in [1.807, 2.05) is 0 Å². The lowest BCUT2D eigenvalue weighted by Crippen LogP contribution is -2.42. The highest BCUT2D eigenvalue weighted by Gasteiger charge is 2.26. The summed E-state index contributed by atoms with van der Waals surface area (Å²) in [5.41, 5.74) is -0.00148. The van der Waals surface area contributed by atoms with Crippen LogP contribution in [0.5, 0.6) is 0 Å². The summed E-state index contributed by atoms with van der Waals surface area (Å²) in [7, 11) is 0. The molecule has 10 heteroatoms. The van der Waals surface area contributed by atoms with E-state index in [1.165, 1.54) is 11.8 Å². The minimum atomic E-state index is -0.751. The van der Waals surface area contributed by atoms with Gasteiger partial charge in [0.2, 0.25) is 0 Å². The van der Waals surface area contributed by atoms with E-state index in [1.54, 1.807) is 6.26 Å². The van der Waals surface area contributed by atoms with Crippen molar-refractivity contribution in [3.63, 3.8) is 0 Å². The lowest BCUT2D eigenvalue weighted by molar-refractivity contribution is -0.0135. The highest BCUT2D eigenvalue weighted by molar-refractivity contribution is 7.98. The molecule has 2 atom stereocenters. The fourth-order valence-electron chi connectivity index (χ4n) is 2.35. The van der Waals surface area contributed by atoms with Gasteiger partial charge in [-0.3, -0.25) is 0 Å². The maximum Gasteiger partial charge on any atom is 0.189 e. The number of nitrogens with zero attached hydrogens (tertiary/aromatic N) is 3. The molecule has 6 nitrogen and oxygen atoms in total. The summed E-state index contributed by atoms with van der Waals surface area (Å²) in [6.07, 6.45) is 1.66. The van der Waals surface area contributed by atoms with E-state index in [2.05, 4.69) is 20.3 Å². The fraction of sp³-hybridized carbons (Fsp3) is 0.462. The third-order valence-electron chi connectivity index (χ3n) is 3.51. The maximum atomic E-state index is 14.3. The van der Waals surface area contributed by atoms with E-state index in [0.29, 0.717) is 24.0 Å². The molecular weight excluding hydrogens is 366 g/mol. The smallest absolute Gasteiger partial charge is 0.189 e. The van der Waals surface area contributed by atoms with Crippen LogP contribution in [-0.4, -0.2) is 51.7 Å². The number of rotatable bonds is 3. The normalized spacial score (nSPS) is 21.6. The zero-order valence-corrected chi connectivity index (χ0v) is 14.3. The molecule has 1 aliphatic rings. The molecule has 23 heavy (non-hydrogen) atoms. The number of hydrogen-bond acceptors (Lipinski definition) is 7. The zero-order valence-electron chi connectivity index (χ0n) is 12.0. The van der Waals surface area contributed by atoms with Crippen LogP contribution in [0.2, 0.25) is 10.3 Å². The Balaban J connectivity index is 2.12. The van der Waals surface area contributed by atoms with Crippen molar-refractivity contribution in [2.75, 3.05) is 24.8 Å². The van der Waals surface area contributed by atoms with Crippen molar-refractivity contribution in [3.8, 4) is 0 Å². The van der Waals surface area contributed by atoms with Gasteiger partial charge in [-0.2, -0.15) is 0 Å². The van der Waals surface area contributed by atoms with Gasteiger partial charge < -0.3 is 15.2 Å². The van der Waals surface area contributed by atoms with Gasteiger partial charge in [0.05, 0.1) is 24.1 Å². The fourth-order valence-corrected chi connectivity index (χ4v) is 3.19. The van der Waals surface area contributed by atoms with Crippen molar-refractivity contribution in [1.82, 2.24) is 15.0 Å². The summed E-state index contributed by atoms with van der Waals surface area (Å²) in [6, 6.07) is -0.286. The summed E-state index contributed by atoms with van der Waals surface area (Å²) in [5, 5.41) is 13.4. The van der Waals surface area contributed by atoms with E-state index in [0.717, 1.165) is 0 Å². The molecule has 0 unspecified atom stereocenters. The molecule has 0 aliphatic carbocycles. The van der Waals surface area contributed by atoms with Crippen molar-refractivity contribution in [2.45, 2.75) is 23.7 Å². The van der Waals surface area contributed by atoms with Crippen molar-refractivity contribution >= 4 is 51.7 Å². The van der Waals surface area contributed by atoms with Crippen LogP contribution in [0, 0.1) is 5.82 Å². The van der Waals surface area contributed by atoms with Gasteiger partial charge in [0.25, 0.3) is 0 Å². The van der Waals surface area contributed by atoms with Gasteiger partial charge in [-0.05, 0) is 12.7 Å². The number of nitrogens with one attached hydrogen (secondary N) is 1. The minimum absolute atomic E-state index is 0.00148. The first-order valence-corrected chi connectivity index (χ1v) is 8.78. The summed E-state index contributed by atoms with van der Waals surface area (Å²) in [6.45, 7) is 0.738. The molecule has 0 saturated carbocycles. The lowest BCUT2D eigenvalue weighted by Gasteiger charge is -2.29. The Hall–Kier alpha value is -0.930. The number of ether oxygens (including phenoxy) is 1. The molecule has 2 aromatic rings. The predicted octanol–water partition coefficient (Wildman–Crippen LogP) is 2.75. The van der Waals surface area contributed by atoms with Crippen LogP contribution in [0.3, 0.4) is 0 Å². The number of aliphatic hydroxyl groups is 1. The highest BCUT2D eigenvalue weighted by atomic mass is 35.5. The van der Waals surface area contributed by atoms with Crippen LogP contribution < -0.4 is 5.32 Å². The van der Waals surface area contributed by atoms with Crippen LogP contribution in [0.1, 0.15) is 6.42 Å². The summed E-state index contributed by atoms with van der Waals surface area (Å²) < 4.78 is 19.5. The molecule has 0 aromatic carbocycles. The number of aliphatic hydroxyl groups excluding tert-OH is 1. The third kappa shape index (κ3) is 3.32. The first kappa shape index (κ1) is 16.9. The van der Waals surface area contributed by atoms with Gasteiger partial charge in [-0.15, -0.1) is 0 Å². The summed E-state index contributed by atoms with van der Waals surface area (Å²) in [5.74, 6) is -0.433. The van der Waals surface area contributed by atoms with Gasteiger partial charge in [0.15, 0.2) is 16.1 Å². The molecule has 3 rings (SSSR count). The molecule has 0 bridgehead atoms. The molecule has 1 saturated heterocycles. The predicted molar refractivity (Wildman–Crippen MR) is 87.9 cm³/mol. The second-order valence-corrected chi connectivity index (χ2v) is 6.46. The van der Waals surface area contributed by atoms with Crippen LogP contribution in [0.4, 0.5) is 10.2 Å². The maximum absolute atomic E-state index is 14.3. The van der Waals surface area contributed by atoms with E-state index in [4.69, 9.17) is 27.9 Å². The van der Waals surface area contributed by atoms with Crippen molar-refractivity contribution in [1.29, 1.82) is 0 Å². The number of fused-ring (bicyclic) bond motifs is 1. The Labute approximate surface area is 145 Å². The summed E-state index contributed by atoms with van der Waals surface area (Å²) >= 11 is 13.1. The van der Waals surface area contributed by atoms with Gasteiger partial charge in [-0.1, -0.05) is 35.0 Å². The molecule has 2 N–H and O–H groups in total. The second kappa shape index (κ2) is 6.90. The average molecular weight is 379 g/mol. The number of hydrogen-bond donors (Lipinski definition) is 2. The van der Waals surface area contributed by atoms with Crippen molar-refractivity contribution < 1.29 is 14.2 Å². The first-order chi connectivity index (χ1) is 11.0. The lowest BCUT2D eigenvalue weighted by atomic mass is 10.1. The number of anilines is 1. The Kier molecular flexibility index (Phi) is 5.07. The molecule has 0 amide bonds. The van der Waals surface area contributed by atoms with Gasteiger partial charge >= 0.3 is 0 Å². The second-order valence-electron chi connectivity index (χ2n) is 4.97. The standard InChI is InChI=1S/C13H13Cl2FN4O2S/c1-23-13-18-9-7(10(14)19-11(15)8(9)16)12(20-13)17-5-2-3-22-4-6(5)21/h5-6,21H,2-4H2,1H3,(H,17,18,20)/t5-,6-/m0/s1. The van der Waals surface area contributed by atoms with E-state index in [-0.39, 0.29) is 33.9 Å². The van der Waals surface area contributed by atoms with E-state index in [9.17, 15) is 9.50 Å². The average Bonchev–Trinajstić information content (AvgIpc) is 2.54. The van der Waals surface area contributed by atoms with Crippen LogP contribution in [-0.2, 0) is 4.74 Å². The van der Waals surface area contributed by atoms with E-state index >= 15 is 0 Å². The molecule has 1 fully saturated rings. The van der Waals surface area contributed by atoms with Crippen LogP contribution in [0.25, 0.3) is 10.9 Å². The number of aromatic nitrogens is 3. The Bertz CT molecular complexity index is 752. The minimum Gasteiger partial charge on any atom is -0.389 e. The molecule has 1 aliphatic heterocycles. The molecule has 0 spiro atoms. The molecule has 124 valence electrons. The number of pyridine rings is 1. The first-order valence-electron chi connectivity index (χ1n) is 6.80. The summed E-state index contributed by atoms with van der Waals surface area (Å²) in [4.78, 5) is 12.2. The molecule has 2 aromatic heterocycles. The van der Waals surface area contributed by atoms with Gasteiger partial charge in [-0.25, -0.2) is 19.3 Å².